The van der Waals surface area contributed by atoms with Crippen LogP contribution in [-0.2, 0) is 9.47 Å². The van der Waals surface area contributed by atoms with Gasteiger partial charge in [-0.25, -0.2) is 4.98 Å². The minimum Gasteiger partial charge on any atom is -0.367 e. The van der Waals surface area contributed by atoms with Crippen LogP contribution in [-0.4, -0.2) is 48.1 Å². The van der Waals surface area contributed by atoms with Crippen LogP contribution >= 0.6 is 0 Å². The average molecular weight is 332 g/mol. The largest absolute Gasteiger partial charge is 0.367 e. The molecule has 6 nitrogen and oxygen atoms in total. The summed E-state index contributed by atoms with van der Waals surface area (Å²) in [6, 6.07) is 2.62. The van der Waals surface area contributed by atoms with Crippen molar-refractivity contribution in [1.82, 2.24) is 9.97 Å². The molecule has 1 aliphatic carbocycles. The Bertz CT molecular complexity index is 558. The molecule has 1 aromatic rings. The molecule has 0 bridgehead atoms. The topological polar surface area (TPSA) is 59.5 Å². The Kier molecular flexibility index (Phi) is 4.59. The van der Waals surface area contributed by atoms with Gasteiger partial charge in [-0.2, -0.15) is 4.98 Å². The molecular formula is C18H28N4O2. The Morgan fingerprint density at radius 1 is 1.08 bits per heavy atom. The maximum absolute atomic E-state index is 5.81. The van der Waals surface area contributed by atoms with Gasteiger partial charge in [0.25, 0.3) is 0 Å². The number of hydrogen-bond acceptors (Lipinski definition) is 6. The number of nitrogens with zero attached hydrogens (tertiary/aromatic N) is 3. The summed E-state index contributed by atoms with van der Waals surface area (Å²) in [6.45, 7) is 5.25. The first kappa shape index (κ1) is 16.1. The molecule has 3 aliphatic rings. The highest BCUT2D eigenvalue weighted by molar-refractivity contribution is 5.44. The fraction of sp³-hybridized carbons (Fsp3) is 0.778. The van der Waals surface area contributed by atoms with Gasteiger partial charge in [-0.3, -0.25) is 0 Å². The molecule has 1 N–H and O–H groups in total. The monoisotopic (exact) mass is 332 g/mol. The lowest BCUT2D eigenvalue weighted by Gasteiger charge is -2.37. The molecule has 24 heavy (non-hydrogen) atoms. The second-order valence-electron chi connectivity index (χ2n) is 7.27. The van der Waals surface area contributed by atoms with Crippen LogP contribution in [0.15, 0.2) is 6.07 Å². The van der Waals surface area contributed by atoms with E-state index in [0.717, 1.165) is 56.6 Å². The molecule has 1 spiro atoms. The summed E-state index contributed by atoms with van der Waals surface area (Å²) in [5, 5.41) is 3.62. The van der Waals surface area contributed by atoms with Gasteiger partial charge in [-0.1, -0.05) is 19.3 Å². The Labute approximate surface area is 143 Å². The van der Waals surface area contributed by atoms with Crippen LogP contribution in [0.5, 0.6) is 0 Å². The summed E-state index contributed by atoms with van der Waals surface area (Å²) in [5.41, 5.74) is 1.02. The van der Waals surface area contributed by atoms with E-state index < -0.39 is 0 Å². The molecule has 0 amide bonds. The second-order valence-corrected chi connectivity index (χ2v) is 7.27. The van der Waals surface area contributed by atoms with Crippen molar-refractivity contribution in [3.8, 4) is 0 Å². The van der Waals surface area contributed by atoms with Crippen LogP contribution in [0.2, 0.25) is 0 Å². The highest BCUT2D eigenvalue weighted by Gasteiger charge is 2.40. The summed E-state index contributed by atoms with van der Waals surface area (Å²) < 4.78 is 11.6. The van der Waals surface area contributed by atoms with Gasteiger partial charge in [0.05, 0.1) is 13.2 Å². The van der Waals surface area contributed by atoms with Crippen LogP contribution in [0.4, 0.5) is 11.8 Å². The van der Waals surface area contributed by atoms with Crippen molar-refractivity contribution >= 4 is 11.8 Å². The van der Waals surface area contributed by atoms with Crippen molar-refractivity contribution in [3.63, 3.8) is 0 Å². The van der Waals surface area contributed by atoms with Crippen molar-refractivity contribution in [1.29, 1.82) is 0 Å². The van der Waals surface area contributed by atoms with E-state index in [9.17, 15) is 0 Å². The van der Waals surface area contributed by atoms with Crippen LogP contribution in [0, 0.1) is 6.92 Å². The molecule has 6 heteroatoms. The SMILES string of the molecule is Cc1cc(NC2CCCCC2)nc(N2CCC3(CC2)OCCO3)n1. The zero-order chi connectivity index (χ0) is 16.4. The number of anilines is 2. The minimum atomic E-state index is -0.344. The summed E-state index contributed by atoms with van der Waals surface area (Å²) in [7, 11) is 0. The van der Waals surface area contributed by atoms with Gasteiger partial charge in [0.15, 0.2) is 5.79 Å². The zero-order valence-corrected chi connectivity index (χ0v) is 14.6. The lowest BCUT2D eigenvalue weighted by Crippen LogP contribution is -2.45. The van der Waals surface area contributed by atoms with E-state index in [1.807, 2.05) is 6.92 Å². The molecule has 4 rings (SSSR count). The third kappa shape index (κ3) is 3.49. The quantitative estimate of drug-likeness (QED) is 0.918. The summed E-state index contributed by atoms with van der Waals surface area (Å²) >= 11 is 0. The van der Waals surface area contributed by atoms with Crippen molar-refractivity contribution in [2.75, 3.05) is 36.5 Å². The number of hydrogen-bond donors (Lipinski definition) is 1. The molecule has 0 unspecified atom stereocenters. The predicted octanol–water partition coefficient (Wildman–Crippen LogP) is 2.87. The Balaban J connectivity index is 1.43. The third-order valence-corrected chi connectivity index (χ3v) is 5.42. The molecule has 2 saturated heterocycles. The van der Waals surface area contributed by atoms with Crippen molar-refractivity contribution in [3.05, 3.63) is 11.8 Å². The fourth-order valence-corrected chi connectivity index (χ4v) is 4.06. The first-order valence-electron chi connectivity index (χ1n) is 9.38. The minimum absolute atomic E-state index is 0.344. The number of piperidine rings is 1. The van der Waals surface area contributed by atoms with Crippen molar-refractivity contribution in [2.24, 2.45) is 0 Å². The van der Waals surface area contributed by atoms with Gasteiger partial charge < -0.3 is 19.7 Å². The van der Waals surface area contributed by atoms with Gasteiger partial charge in [0.2, 0.25) is 5.95 Å². The lowest BCUT2D eigenvalue weighted by atomic mass is 9.95. The molecule has 0 atom stereocenters. The number of ether oxygens (including phenoxy) is 2. The Hall–Kier alpha value is -1.40. The average Bonchev–Trinajstić information content (AvgIpc) is 3.04. The molecule has 0 aromatic carbocycles. The van der Waals surface area contributed by atoms with Gasteiger partial charge in [-0.05, 0) is 19.8 Å². The van der Waals surface area contributed by atoms with Gasteiger partial charge >= 0.3 is 0 Å². The molecule has 1 saturated carbocycles. The smallest absolute Gasteiger partial charge is 0.227 e. The number of aryl methyl sites for hydroxylation is 1. The number of nitrogens with one attached hydrogen (secondary N) is 1. The van der Waals surface area contributed by atoms with Gasteiger partial charge in [0.1, 0.15) is 5.82 Å². The van der Waals surface area contributed by atoms with Crippen LogP contribution in [0.1, 0.15) is 50.6 Å². The fourth-order valence-electron chi connectivity index (χ4n) is 4.06. The van der Waals surface area contributed by atoms with E-state index in [1.165, 1.54) is 32.1 Å². The van der Waals surface area contributed by atoms with E-state index in [1.54, 1.807) is 0 Å². The van der Waals surface area contributed by atoms with E-state index >= 15 is 0 Å². The van der Waals surface area contributed by atoms with E-state index in [2.05, 4.69) is 21.3 Å². The lowest BCUT2D eigenvalue weighted by molar-refractivity contribution is -0.169. The summed E-state index contributed by atoms with van der Waals surface area (Å²) in [6.07, 6.45) is 8.28. The van der Waals surface area contributed by atoms with Crippen LogP contribution in [0.3, 0.4) is 0 Å². The van der Waals surface area contributed by atoms with Gasteiger partial charge in [-0.15, -0.1) is 0 Å². The summed E-state index contributed by atoms with van der Waals surface area (Å²) in [5.74, 6) is 1.46. The van der Waals surface area contributed by atoms with Crippen molar-refractivity contribution < 1.29 is 9.47 Å². The molecule has 3 heterocycles. The molecule has 1 aromatic heterocycles. The molecule has 2 aliphatic heterocycles. The normalized spacial score (nSPS) is 24.5. The van der Waals surface area contributed by atoms with E-state index in [-0.39, 0.29) is 5.79 Å². The molecular weight excluding hydrogens is 304 g/mol. The maximum atomic E-state index is 5.81. The highest BCUT2D eigenvalue weighted by atomic mass is 16.7. The number of rotatable bonds is 3. The summed E-state index contributed by atoms with van der Waals surface area (Å²) in [4.78, 5) is 11.7. The second kappa shape index (κ2) is 6.84. The van der Waals surface area contributed by atoms with Crippen LogP contribution < -0.4 is 10.2 Å². The van der Waals surface area contributed by atoms with Crippen LogP contribution in [0.25, 0.3) is 0 Å². The van der Waals surface area contributed by atoms with E-state index in [0.29, 0.717) is 6.04 Å². The molecule has 3 fully saturated rings. The molecule has 0 radical (unpaired) electrons. The number of aromatic nitrogens is 2. The standard InChI is InChI=1S/C18H28N4O2/c1-14-13-16(20-15-5-3-2-4-6-15)21-17(19-14)22-9-7-18(8-10-22)23-11-12-24-18/h13,15H,2-12H2,1H3,(H,19,20,21). The van der Waals surface area contributed by atoms with Crippen molar-refractivity contribution in [2.45, 2.75) is 63.7 Å². The zero-order valence-electron chi connectivity index (χ0n) is 14.6. The predicted molar refractivity (Wildman–Crippen MR) is 93.3 cm³/mol. The molecule has 132 valence electrons. The van der Waals surface area contributed by atoms with E-state index in [4.69, 9.17) is 14.5 Å². The highest BCUT2D eigenvalue weighted by Crippen LogP contribution is 2.32. The maximum Gasteiger partial charge on any atom is 0.227 e. The first-order chi connectivity index (χ1) is 11.7. The Morgan fingerprint density at radius 3 is 2.50 bits per heavy atom. The van der Waals surface area contributed by atoms with Gasteiger partial charge in [0, 0.05) is 43.7 Å². The Morgan fingerprint density at radius 2 is 1.79 bits per heavy atom. The first-order valence-corrected chi connectivity index (χ1v) is 9.38. The third-order valence-electron chi connectivity index (χ3n) is 5.42.